The molecule has 8 heteroatoms. The number of para-hydroxylation sites is 1. The predicted octanol–water partition coefficient (Wildman–Crippen LogP) is 3.05. The van der Waals surface area contributed by atoms with Crippen LogP contribution in [0.25, 0.3) is 0 Å². The zero-order valence-electron chi connectivity index (χ0n) is 13.7. The first-order valence-electron chi connectivity index (χ1n) is 7.83. The molecule has 0 aliphatic heterocycles. The highest BCUT2D eigenvalue weighted by Crippen LogP contribution is 2.31. The third-order valence-corrected chi connectivity index (χ3v) is 7.10. The lowest BCUT2D eigenvalue weighted by Gasteiger charge is -2.15. The van der Waals surface area contributed by atoms with Gasteiger partial charge in [-0.25, -0.2) is 8.42 Å². The van der Waals surface area contributed by atoms with Gasteiger partial charge >= 0.3 is 0 Å². The summed E-state index contributed by atoms with van der Waals surface area (Å²) in [5, 5.41) is 3.30. The summed E-state index contributed by atoms with van der Waals surface area (Å²) in [6.45, 7) is -0.307. The van der Waals surface area contributed by atoms with Crippen LogP contribution in [-0.2, 0) is 14.6 Å². The van der Waals surface area contributed by atoms with Gasteiger partial charge in [0.15, 0.2) is 16.4 Å². The van der Waals surface area contributed by atoms with Crippen molar-refractivity contribution in [1.82, 2.24) is 5.32 Å². The molecule has 26 heavy (non-hydrogen) atoms. The Labute approximate surface area is 155 Å². The molecule has 136 valence electrons. The summed E-state index contributed by atoms with van der Waals surface area (Å²) in [5.41, 5.74) is 0. The second-order valence-electron chi connectivity index (χ2n) is 5.39. The SMILES string of the molecule is O=C(COc1ccccc1)NC[C@@H](c1ccco1)S(=O)(=O)c1cccs1. The number of rotatable bonds is 8. The molecule has 3 aromatic rings. The van der Waals surface area contributed by atoms with E-state index in [1.54, 1.807) is 47.8 Å². The Bertz CT molecular complexity index is 919. The molecule has 0 bridgehead atoms. The van der Waals surface area contributed by atoms with Gasteiger partial charge in [0.1, 0.15) is 21.0 Å². The molecule has 0 fully saturated rings. The molecule has 0 aliphatic carbocycles. The van der Waals surface area contributed by atoms with Crippen molar-refractivity contribution in [1.29, 1.82) is 0 Å². The predicted molar refractivity (Wildman–Crippen MR) is 97.9 cm³/mol. The molecule has 1 aromatic carbocycles. The number of thiophene rings is 1. The summed E-state index contributed by atoms with van der Waals surface area (Å²) in [7, 11) is -3.67. The zero-order valence-corrected chi connectivity index (χ0v) is 15.3. The molecule has 0 saturated heterocycles. The van der Waals surface area contributed by atoms with Crippen LogP contribution in [0.15, 0.2) is 74.9 Å². The van der Waals surface area contributed by atoms with E-state index in [-0.39, 0.29) is 23.1 Å². The van der Waals surface area contributed by atoms with Gasteiger partial charge in [-0.2, -0.15) is 0 Å². The van der Waals surface area contributed by atoms with Crippen molar-refractivity contribution in [2.24, 2.45) is 0 Å². The van der Waals surface area contributed by atoms with Crippen molar-refractivity contribution in [3.63, 3.8) is 0 Å². The Hall–Kier alpha value is -2.58. The minimum Gasteiger partial charge on any atom is -0.484 e. The Morgan fingerprint density at radius 3 is 2.58 bits per heavy atom. The van der Waals surface area contributed by atoms with E-state index in [1.807, 2.05) is 6.07 Å². The third kappa shape index (κ3) is 4.33. The average Bonchev–Trinajstić information content (AvgIpc) is 3.35. The highest BCUT2D eigenvalue weighted by molar-refractivity contribution is 7.93. The number of sulfone groups is 1. The number of furan rings is 1. The maximum atomic E-state index is 12.9. The van der Waals surface area contributed by atoms with Crippen LogP contribution in [0.2, 0.25) is 0 Å². The summed E-state index contributed by atoms with van der Waals surface area (Å²) < 4.78 is 36.6. The van der Waals surface area contributed by atoms with E-state index >= 15 is 0 Å². The molecule has 2 aromatic heterocycles. The van der Waals surface area contributed by atoms with E-state index in [0.717, 1.165) is 11.3 Å². The highest BCUT2D eigenvalue weighted by Gasteiger charge is 2.32. The number of nitrogens with one attached hydrogen (secondary N) is 1. The molecule has 0 unspecified atom stereocenters. The number of carbonyl (C=O) groups excluding carboxylic acids is 1. The quantitative estimate of drug-likeness (QED) is 0.638. The van der Waals surface area contributed by atoms with Gasteiger partial charge in [0.05, 0.1) is 6.26 Å². The molecule has 0 aliphatic rings. The van der Waals surface area contributed by atoms with Crippen molar-refractivity contribution in [3.8, 4) is 5.75 Å². The minimum atomic E-state index is -3.67. The Balaban J connectivity index is 1.66. The van der Waals surface area contributed by atoms with Gasteiger partial charge in [-0.15, -0.1) is 11.3 Å². The largest absolute Gasteiger partial charge is 0.484 e. The van der Waals surface area contributed by atoms with E-state index < -0.39 is 21.0 Å². The van der Waals surface area contributed by atoms with Gasteiger partial charge < -0.3 is 14.5 Å². The van der Waals surface area contributed by atoms with E-state index in [2.05, 4.69) is 5.32 Å². The third-order valence-electron chi connectivity index (χ3n) is 3.61. The Morgan fingerprint density at radius 2 is 1.92 bits per heavy atom. The van der Waals surface area contributed by atoms with Crippen molar-refractivity contribution < 1.29 is 22.4 Å². The molecule has 2 heterocycles. The van der Waals surface area contributed by atoms with Gasteiger partial charge in [-0.1, -0.05) is 24.3 Å². The lowest BCUT2D eigenvalue weighted by atomic mass is 10.3. The zero-order chi connectivity index (χ0) is 18.4. The first-order chi connectivity index (χ1) is 12.6. The van der Waals surface area contributed by atoms with E-state index in [9.17, 15) is 13.2 Å². The van der Waals surface area contributed by atoms with Gasteiger partial charge in [0, 0.05) is 6.54 Å². The lowest BCUT2D eigenvalue weighted by molar-refractivity contribution is -0.123. The Kier molecular flexibility index (Phi) is 5.75. The van der Waals surface area contributed by atoms with Gasteiger partial charge in [0.2, 0.25) is 0 Å². The number of carbonyl (C=O) groups is 1. The fourth-order valence-electron chi connectivity index (χ4n) is 2.33. The van der Waals surface area contributed by atoms with Crippen LogP contribution in [-0.4, -0.2) is 27.5 Å². The van der Waals surface area contributed by atoms with E-state index in [4.69, 9.17) is 9.15 Å². The van der Waals surface area contributed by atoms with Crippen LogP contribution < -0.4 is 10.1 Å². The summed E-state index contributed by atoms with van der Waals surface area (Å²) in [4.78, 5) is 12.0. The molecule has 0 saturated carbocycles. The van der Waals surface area contributed by atoms with Crippen LogP contribution >= 0.6 is 11.3 Å². The number of ether oxygens (including phenoxy) is 1. The van der Waals surface area contributed by atoms with Crippen LogP contribution in [0.3, 0.4) is 0 Å². The van der Waals surface area contributed by atoms with E-state index in [1.165, 1.54) is 12.3 Å². The monoisotopic (exact) mass is 391 g/mol. The molecular formula is C18H17NO5S2. The highest BCUT2D eigenvalue weighted by atomic mass is 32.2. The summed E-state index contributed by atoms with van der Waals surface area (Å²) in [5.74, 6) is 0.436. The fraction of sp³-hybridized carbons (Fsp3) is 0.167. The van der Waals surface area contributed by atoms with Crippen molar-refractivity contribution in [2.75, 3.05) is 13.2 Å². The van der Waals surface area contributed by atoms with Crippen LogP contribution in [0.5, 0.6) is 5.75 Å². The normalized spacial score (nSPS) is 12.5. The second kappa shape index (κ2) is 8.20. The fourth-order valence-corrected chi connectivity index (χ4v) is 5.12. The van der Waals surface area contributed by atoms with Crippen LogP contribution in [0.1, 0.15) is 11.0 Å². The maximum Gasteiger partial charge on any atom is 0.257 e. The molecule has 1 atom stereocenters. The topological polar surface area (TPSA) is 85.6 Å². The molecule has 0 spiro atoms. The molecule has 0 radical (unpaired) electrons. The van der Waals surface area contributed by atoms with Crippen molar-refractivity contribution in [3.05, 3.63) is 72.0 Å². The lowest BCUT2D eigenvalue weighted by Crippen LogP contribution is -2.34. The molecule has 1 amide bonds. The summed E-state index contributed by atoms with van der Waals surface area (Å²) in [6.07, 6.45) is 1.41. The smallest absolute Gasteiger partial charge is 0.257 e. The van der Waals surface area contributed by atoms with Gasteiger partial charge in [-0.05, 0) is 35.7 Å². The van der Waals surface area contributed by atoms with Crippen LogP contribution in [0.4, 0.5) is 0 Å². The van der Waals surface area contributed by atoms with Crippen LogP contribution in [0, 0.1) is 0 Å². The summed E-state index contributed by atoms with van der Waals surface area (Å²) >= 11 is 1.13. The number of benzene rings is 1. The van der Waals surface area contributed by atoms with Crippen molar-refractivity contribution >= 4 is 27.1 Å². The average molecular weight is 391 g/mol. The first-order valence-corrected chi connectivity index (χ1v) is 10.3. The van der Waals surface area contributed by atoms with Gasteiger partial charge in [0.25, 0.3) is 5.91 Å². The number of hydrogen-bond donors (Lipinski definition) is 1. The van der Waals surface area contributed by atoms with Gasteiger partial charge in [-0.3, -0.25) is 4.79 Å². The second-order valence-corrected chi connectivity index (χ2v) is 8.69. The molecule has 3 rings (SSSR count). The number of hydrogen-bond acceptors (Lipinski definition) is 6. The van der Waals surface area contributed by atoms with E-state index in [0.29, 0.717) is 5.75 Å². The number of amides is 1. The standard InChI is InChI=1S/C18H17NO5S2/c20-17(13-24-14-6-2-1-3-7-14)19-12-16(15-8-4-10-23-15)26(21,22)18-9-5-11-25-18/h1-11,16H,12-13H2,(H,19,20)/t16-/m0/s1. The molecule has 1 N–H and O–H groups in total. The Morgan fingerprint density at radius 1 is 1.12 bits per heavy atom. The maximum absolute atomic E-state index is 12.9. The first kappa shape index (κ1) is 18.2. The minimum absolute atomic E-state index is 0.106. The van der Waals surface area contributed by atoms with Crippen molar-refractivity contribution in [2.45, 2.75) is 9.46 Å². The molecular weight excluding hydrogens is 374 g/mol. The summed E-state index contributed by atoms with van der Waals surface area (Å²) in [6, 6.07) is 15.3. The molecule has 6 nitrogen and oxygen atoms in total.